The van der Waals surface area contributed by atoms with Gasteiger partial charge in [-0.2, -0.15) is 5.26 Å². The molecule has 0 aliphatic carbocycles. The molecule has 0 aliphatic heterocycles. The fraction of sp³-hybridized carbons (Fsp3) is 0.273. The third-order valence-electron chi connectivity index (χ3n) is 2.08. The molecule has 90 valence electrons. The van der Waals surface area contributed by atoms with Gasteiger partial charge in [-0.15, -0.1) is 0 Å². The number of hydrogen-bond acceptors (Lipinski definition) is 5. The van der Waals surface area contributed by atoms with E-state index in [1.54, 1.807) is 18.2 Å². The van der Waals surface area contributed by atoms with E-state index in [2.05, 4.69) is 4.74 Å². The zero-order valence-electron chi connectivity index (χ0n) is 9.21. The van der Waals surface area contributed by atoms with Gasteiger partial charge in [0.05, 0.1) is 24.5 Å². The highest BCUT2D eigenvalue weighted by molar-refractivity contribution is 7.91. The van der Waals surface area contributed by atoms with Crippen molar-refractivity contribution in [2.45, 2.75) is 5.75 Å². The van der Waals surface area contributed by atoms with Crippen LogP contribution in [0.2, 0.25) is 0 Å². The van der Waals surface area contributed by atoms with Crippen molar-refractivity contribution in [2.24, 2.45) is 0 Å². The number of hydrogen-bond donors (Lipinski definition) is 0. The predicted octanol–water partition coefficient (Wildman–Crippen LogP) is 0.646. The van der Waals surface area contributed by atoms with Gasteiger partial charge in [-0.3, -0.25) is 4.79 Å². The summed E-state index contributed by atoms with van der Waals surface area (Å²) in [5.74, 6) is -1.82. The Hall–Kier alpha value is -1.87. The number of benzene rings is 1. The lowest BCUT2D eigenvalue weighted by Gasteiger charge is -2.04. The van der Waals surface area contributed by atoms with Crippen molar-refractivity contribution in [3.8, 4) is 6.07 Å². The third-order valence-corrected chi connectivity index (χ3v) is 3.51. The van der Waals surface area contributed by atoms with E-state index in [0.717, 1.165) is 7.11 Å². The van der Waals surface area contributed by atoms with Gasteiger partial charge < -0.3 is 4.74 Å². The summed E-state index contributed by atoms with van der Waals surface area (Å²) < 4.78 is 27.6. The van der Waals surface area contributed by atoms with Crippen LogP contribution < -0.4 is 0 Å². The van der Waals surface area contributed by atoms with E-state index >= 15 is 0 Å². The van der Waals surface area contributed by atoms with E-state index in [1.807, 2.05) is 6.07 Å². The Morgan fingerprint density at radius 3 is 2.65 bits per heavy atom. The van der Waals surface area contributed by atoms with Gasteiger partial charge in [-0.05, 0) is 11.6 Å². The van der Waals surface area contributed by atoms with Crippen LogP contribution in [0, 0.1) is 11.3 Å². The number of esters is 1. The van der Waals surface area contributed by atoms with Crippen LogP contribution in [0.25, 0.3) is 0 Å². The van der Waals surface area contributed by atoms with Gasteiger partial charge in [0.1, 0.15) is 5.75 Å². The standard InChI is InChI=1S/C11H11NO4S/c1-16-11(13)8-17(14,15)7-10-5-3-2-4-9(10)6-12/h2-5H,7-8H2,1H3. The maximum absolute atomic E-state index is 11.6. The Morgan fingerprint density at radius 2 is 2.06 bits per heavy atom. The van der Waals surface area contributed by atoms with Gasteiger partial charge in [0.25, 0.3) is 0 Å². The summed E-state index contributed by atoms with van der Waals surface area (Å²) in [5.41, 5.74) is 0.680. The molecular weight excluding hydrogens is 242 g/mol. The molecule has 0 atom stereocenters. The Morgan fingerprint density at radius 1 is 1.41 bits per heavy atom. The average molecular weight is 253 g/mol. The monoisotopic (exact) mass is 253 g/mol. The van der Waals surface area contributed by atoms with Gasteiger partial charge >= 0.3 is 5.97 Å². The first-order valence-electron chi connectivity index (χ1n) is 4.74. The van der Waals surface area contributed by atoms with Crippen LogP contribution in [0.1, 0.15) is 11.1 Å². The molecule has 0 bridgehead atoms. The number of methoxy groups -OCH3 is 1. The van der Waals surface area contributed by atoms with Crippen LogP contribution in [0.3, 0.4) is 0 Å². The molecule has 6 heteroatoms. The summed E-state index contributed by atoms with van der Waals surface area (Å²) in [6, 6.07) is 8.28. The van der Waals surface area contributed by atoms with Crippen LogP contribution in [-0.2, 0) is 25.1 Å². The molecule has 0 unspecified atom stereocenters. The van der Waals surface area contributed by atoms with Crippen molar-refractivity contribution >= 4 is 15.8 Å². The molecule has 0 radical (unpaired) electrons. The minimum Gasteiger partial charge on any atom is -0.468 e. The van der Waals surface area contributed by atoms with Gasteiger partial charge in [-0.1, -0.05) is 18.2 Å². The zero-order valence-corrected chi connectivity index (χ0v) is 10.0. The molecule has 1 aromatic rings. The van der Waals surface area contributed by atoms with Crippen molar-refractivity contribution in [3.05, 3.63) is 35.4 Å². The Labute approximate surface area is 99.5 Å². The molecule has 0 saturated heterocycles. The smallest absolute Gasteiger partial charge is 0.320 e. The molecule has 0 saturated carbocycles. The van der Waals surface area contributed by atoms with Crippen LogP contribution in [0.5, 0.6) is 0 Å². The molecule has 0 aliphatic rings. The second kappa shape index (κ2) is 5.46. The number of carbonyl (C=O) groups excluding carboxylic acids is 1. The van der Waals surface area contributed by atoms with Crippen LogP contribution in [-0.4, -0.2) is 27.2 Å². The van der Waals surface area contributed by atoms with Gasteiger partial charge in [-0.25, -0.2) is 8.42 Å². The maximum atomic E-state index is 11.6. The number of rotatable bonds is 4. The van der Waals surface area contributed by atoms with Crippen LogP contribution in [0.4, 0.5) is 0 Å². The molecule has 0 spiro atoms. The third kappa shape index (κ3) is 3.89. The predicted molar refractivity (Wildman–Crippen MR) is 60.7 cm³/mol. The van der Waals surface area contributed by atoms with Crippen LogP contribution >= 0.6 is 0 Å². The number of nitriles is 1. The molecule has 0 fully saturated rings. The highest BCUT2D eigenvalue weighted by Crippen LogP contribution is 2.12. The van der Waals surface area contributed by atoms with E-state index in [1.165, 1.54) is 6.07 Å². The van der Waals surface area contributed by atoms with E-state index in [0.29, 0.717) is 11.1 Å². The minimum atomic E-state index is -3.60. The van der Waals surface area contributed by atoms with E-state index < -0.39 is 21.6 Å². The first-order valence-corrected chi connectivity index (χ1v) is 6.56. The maximum Gasteiger partial charge on any atom is 0.320 e. The van der Waals surface area contributed by atoms with Gasteiger partial charge in [0, 0.05) is 0 Å². The van der Waals surface area contributed by atoms with Crippen molar-refractivity contribution in [1.82, 2.24) is 0 Å². The van der Waals surface area contributed by atoms with E-state index in [4.69, 9.17) is 5.26 Å². The quantitative estimate of drug-likeness (QED) is 0.735. The Bertz CT molecular complexity index is 557. The molecule has 0 aromatic heterocycles. The Kier molecular flexibility index (Phi) is 4.24. The lowest BCUT2D eigenvalue weighted by atomic mass is 10.1. The first-order chi connectivity index (χ1) is 7.98. The summed E-state index contributed by atoms with van der Waals surface area (Å²) in [6.07, 6.45) is 0. The fourth-order valence-corrected chi connectivity index (χ4v) is 2.59. The lowest BCUT2D eigenvalue weighted by molar-refractivity contribution is -0.137. The van der Waals surface area contributed by atoms with Crippen molar-refractivity contribution in [3.63, 3.8) is 0 Å². The SMILES string of the molecule is COC(=O)CS(=O)(=O)Cc1ccccc1C#N. The molecular formula is C11H11NO4S. The largest absolute Gasteiger partial charge is 0.468 e. The highest BCUT2D eigenvalue weighted by atomic mass is 32.2. The summed E-state index contributed by atoms with van der Waals surface area (Å²) in [7, 11) is -2.48. The lowest BCUT2D eigenvalue weighted by Crippen LogP contribution is -2.19. The summed E-state index contributed by atoms with van der Waals surface area (Å²) >= 11 is 0. The fourth-order valence-electron chi connectivity index (χ4n) is 1.28. The number of sulfone groups is 1. The van der Waals surface area contributed by atoms with Crippen LogP contribution in [0.15, 0.2) is 24.3 Å². The topological polar surface area (TPSA) is 84.2 Å². The van der Waals surface area contributed by atoms with E-state index in [-0.39, 0.29) is 5.75 Å². The molecule has 5 nitrogen and oxygen atoms in total. The van der Waals surface area contributed by atoms with Gasteiger partial charge in [0.15, 0.2) is 9.84 Å². The van der Waals surface area contributed by atoms with Crippen molar-refractivity contribution < 1.29 is 17.9 Å². The second-order valence-electron chi connectivity index (χ2n) is 3.38. The Balaban J connectivity index is 2.91. The second-order valence-corrected chi connectivity index (χ2v) is 5.44. The molecule has 1 aromatic carbocycles. The molecule has 0 N–H and O–H groups in total. The minimum absolute atomic E-state index is 0.293. The van der Waals surface area contributed by atoms with Gasteiger partial charge in [0.2, 0.25) is 0 Å². The molecule has 1 rings (SSSR count). The zero-order chi connectivity index (χ0) is 12.9. The first kappa shape index (κ1) is 13.2. The number of ether oxygens (including phenoxy) is 1. The summed E-state index contributed by atoms with van der Waals surface area (Å²) in [5, 5.41) is 8.81. The normalized spacial score (nSPS) is 10.6. The average Bonchev–Trinajstić information content (AvgIpc) is 2.28. The summed E-state index contributed by atoms with van der Waals surface area (Å²) in [4.78, 5) is 10.9. The number of nitrogens with zero attached hydrogens (tertiary/aromatic N) is 1. The molecule has 0 heterocycles. The van der Waals surface area contributed by atoms with Crippen molar-refractivity contribution in [1.29, 1.82) is 5.26 Å². The van der Waals surface area contributed by atoms with E-state index in [9.17, 15) is 13.2 Å². The molecule has 0 amide bonds. The molecule has 17 heavy (non-hydrogen) atoms. The number of carbonyl (C=O) groups is 1. The highest BCUT2D eigenvalue weighted by Gasteiger charge is 2.19. The summed E-state index contributed by atoms with van der Waals surface area (Å²) in [6.45, 7) is 0. The van der Waals surface area contributed by atoms with Crippen molar-refractivity contribution in [2.75, 3.05) is 12.9 Å².